The Hall–Kier alpha value is -3.09. The molecule has 0 saturated carbocycles. The van der Waals surface area contributed by atoms with Crippen molar-refractivity contribution in [3.05, 3.63) is 101 Å². The highest BCUT2D eigenvalue weighted by Gasteiger charge is 2.09. The lowest BCUT2D eigenvalue weighted by Crippen LogP contribution is -2.14. The molecule has 6 heteroatoms. The second-order valence-electron chi connectivity index (χ2n) is 6.89. The lowest BCUT2D eigenvalue weighted by atomic mass is 10.1. The third-order valence-electron chi connectivity index (χ3n) is 4.60. The second kappa shape index (κ2) is 9.81. The summed E-state index contributed by atoms with van der Waals surface area (Å²) in [5.74, 6) is 0.0248. The Balaban J connectivity index is 1.36. The third-order valence-corrected chi connectivity index (χ3v) is 6.12. The van der Waals surface area contributed by atoms with Crippen LogP contribution in [0.3, 0.4) is 0 Å². The number of carbonyl (C=O) groups excluding carboxylic acids is 2. The molecule has 4 aromatic carbocycles. The van der Waals surface area contributed by atoms with E-state index in [2.05, 4.69) is 26.6 Å². The summed E-state index contributed by atoms with van der Waals surface area (Å²) in [6.07, 6.45) is 0. The maximum Gasteiger partial charge on any atom is 0.255 e. The molecule has 4 nitrogen and oxygen atoms in total. The SMILES string of the molecule is O=C(CSc1cccc(NC(=O)c2ccc3ccccc3c2)c1)Nc1ccc(Br)cc1. The number of carbonyl (C=O) groups is 2. The van der Waals surface area contributed by atoms with Gasteiger partial charge in [0.2, 0.25) is 5.91 Å². The van der Waals surface area contributed by atoms with Gasteiger partial charge < -0.3 is 10.6 Å². The van der Waals surface area contributed by atoms with Gasteiger partial charge in [0.15, 0.2) is 0 Å². The van der Waals surface area contributed by atoms with E-state index in [0.29, 0.717) is 11.3 Å². The van der Waals surface area contributed by atoms with Crippen LogP contribution in [0.25, 0.3) is 10.8 Å². The van der Waals surface area contributed by atoms with E-state index in [1.807, 2.05) is 91.0 Å². The zero-order valence-corrected chi connectivity index (χ0v) is 18.9. The predicted octanol–water partition coefficient (Wildman–Crippen LogP) is 6.59. The Labute approximate surface area is 193 Å². The molecule has 31 heavy (non-hydrogen) atoms. The summed E-state index contributed by atoms with van der Waals surface area (Å²) in [4.78, 5) is 25.8. The van der Waals surface area contributed by atoms with E-state index in [9.17, 15) is 9.59 Å². The monoisotopic (exact) mass is 490 g/mol. The van der Waals surface area contributed by atoms with Crippen LogP contribution in [-0.4, -0.2) is 17.6 Å². The van der Waals surface area contributed by atoms with E-state index >= 15 is 0 Å². The predicted molar refractivity (Wildman–Crippen MR) is 132 cm³/mol. The van der Waals surface area contributed by atoms with Crippen LogP contribution in [0.15, 0.2) is 100 Å². The first-order chi connectivity index (χ1) is 15.1. The standard InChI is InChI=1S/C25H19BrN2O2S/c26-20-10-12-21(13-11-20)27-24(29)16-31-23-7-3-6-22(15-23)28-25(30)19-9-8-17-4-1-2-5-18(17)14-19/h1-15H,16H2,(H,27,29)(H,28,30). The Morgan fingerprint density at radius 1 is 0.742 bits per heavy atom. The molecule has 0 fully saturated rings. The van der Waals surface area contributed by atoms with Crippen LogP contribution in [0, 0.1) is 0 Å². The van der Waals surface area contributed by atoms with Gasteiger partial charge in [0.25, 0.3) is 5.91 Å². The fourth-order valence-electron chi connectivity index (χ4n) is 3.08. The molecule has 154 valence electrons. The number of hydrogen-bond acceptors (Lipinski definition) is 3. The topological polar surface area (TPSA) is 58.2 Å². The smallest absolute Gasteiger partial charge is 0.255 e. The molecule has 0 saturated heterocycles. The Morgan fingerprint density at radius 3 is 2.32 bits per heavy atom. The van der Waals surface area contributed by atoms with Crippen LogP contribution in [0.5, 0.6) is 0 Å². The number of anilines is 2. The van der Waals surface area contributed by atoms with Crippen molar-refractivity contribution in [2.45, 2.75) is 4.90 Å². The van der Waals surface area contributed by atoms with Crippen LogP contribution in [0.1, 0.15) is 10.4 Å². The van der Waals surface area contributed by atoms with Gasteiger partial charge in [0.05, 0.1) is 5.75 Å². The van der Waals surface area contributed by atoms with Crippen molar-refractivity contribution in [3.63, 3.8) is 0 Å². The zero-order chi connectivity index (χ0) is 21.6. The minimum absolute atomic E-state index is 0.0853. The first kappa shape index (κ1) is 21.2. The summed E-state index contributed by atoms with van der Waals surface area (Å²) in [7, 11) is 0. The Kier molecular flexibility index (Phi) is 6.70. The number of halogens is 1. The van der Waals surface area contributed by atoms with Crippen molar-refractivity contribution in [2.75, 3.05) is 16.4 Å². The molecule has 0 radical (unpaired) electrons. The fourth-order valence-corrected chi connectivity index (χ4v) is 4.10. The molecule has 0 aliphatic carbocycles. The second-order valence-corrected chi connectivity index (χ2v) is 8.85. The van der Waals surface area contributed by atoms with Gasteiger partial charge in [-0.3, -0.25) is 9.59 Å². The van der Waals surface area contributed by atoms with Crippen LogP contribution >= 0.6 is 27.7 Å². The van der Waals surface area contributed by atoms with Crippen LogP contribution in [0.2, 0.25) is 0 Å². The first-order valence-corrected chi connectivity index (χ1v) is 11.4. The maximum atomic E-state index is 12.7. The van der Waals surface area contributed by atoms with Gasteiger partial charge in [-0.05, 0) is 65.4 Å². The highest BCUT2D eigenvalue weighted by Crippen LogP contribution is 2.23. The number of fused-ring (bicyclic) bond motifs is 1. The molecule has 0 spiro atoms. The summed E-state index contributed by atoms with van der Waals surface area (Å²) in [5.41, 5.74) is 2.05. The fraction of sp³-hybridized carbons (Fsp3) is 0.0400. The average Bonchev–Trinajstić information content (AvgIpc) is 2.79. The highest BCUT2D eigenvalue weighted by atomic mass is 79.9. The van der Waals surface area contributed by atoms with Crippen molar-refractivity contribution in [1.82, 2.24) is 0 Å². The summed E-state index contributed by atoms with van der Waals surface area (Å²) in [5, 5.41) is 7.93. The molecule has 0 unspecified atom stereocenters. The van der Waals surface area contributed by atoms with E-state index in [1.54, 1.807) is 0 Å². The van der Waals surface area contributed by atoms with Crippen molar-refractivity contribution >= 4 is 61.7 Å². The summed E-state index contributed by atoms with van der Waals surface area (Å²) >= 11 is 4.79. The van der Waals surface area contributed by atoms with Crippen LogP contribution in [-0.2, 0) is 4.79 Å². The van der Waals surface area contributed by atoms with E-state index in [0.717, 1.165) is 25.8 Å². The van der Waals surface area contributed by atoms with Gasteiger partial charge in [-0.15, -0.1) is 11.8 Å². The Morgan fingerprint density at radius 2 is 1.52 bits per heavy atom. The molecular weight excluding hydrogens is 472 g/mol. The molecule has 4 aromatic rings. The van der Waals surface area contributed by atoms with Gasteiger partial charge in [0.1, 0.15) is 0 Å². The number of thioether (sulfide) groups is 1. The first-order valence-electron chi connectivity index (χ1n) is 9.65. The quantitative estimate of drug-likeness (QED) is 0.300. The van der Waals surface area contributed by atoms with E-state index in [4.69, 9.17) is 0 Å². The highest BCUT2D eigenvalue weighted by molar-refractivity contribution is 9.10. The number of rotatable bonds is 6. The van der Waals surface area contributed by atoms with Gasteiger partial charge in [-0.2, -0.15) is 0 Å². The molecule has 0 aliphatic rings. The average molecular weight is 491 g/mol. The van der Waals surface area contributed by atoms with Gasteiger partial charge in [-0.1, -0.05) is 52.3 Å². The number of amides is 2. The van der Waals surface area contributed by atoms with E-state index in [1.165, 1.54) is 11.8 Å². The van der Waals surface area contributed by atoms with Crippen molar-refractivity contribution in [1.29, 1.82) is 0 Å². The minimum Gasteiger partial charge on any atom is -0.325 e. The van der Waals surface area contributed by atoms with Crippen molar-refractivity contribution in [2.24, 2.45) is 0 Å². The molecule has 0 bridgehead atoms. The molecular formula is C25H19BrN2O2S. The van der Waals surface area contributed by atoms with Crippen LogP contribution < -0.4 is 10.6 Å². The third kappa shape index (κ3) is 5.75. The molecule has 2 amide bonds. The van der Waals surface area contributed by atoms with Crippen molar-refractivity contribution in [3.8, 4) is 0 Å². The summed E-state index contributed by atoms with van der Waals surface area (Å²) in [6, 6.07) is 28.5. The number of hydrogen-bond donors (Lipinski definition) is 2. The normalized spacial score (nSPS) is 10.6. The van der Waals surface area contributed by atoms with Crippen LogP contribution in [0.4, 0.5) is 11.4 Å². The summed E-state index contributed by atoms with van der Waals surface area (Å²) in [6.45, 7) is 0. The van der Waals surface area contributed by atoms with E-state index < -0.39 is 0 Å². The van der Waals surface area contributed by atoms with Gasteiger partial charge in [0, 0.05) is 26.3 Å². The van der Waals surface area contributed by atoms with Gasteiger partial charge in [-0.25, -0.2) is 0 Å². The van der Waals surface area contributed by atoms with Gasteiger partial charge >= 0.3 is 0 Å². The largest absolute Gasteiger partial charge is 0.325 e. The van der Waals surface area contributed by atoms with Crippen molar-refractivity contribution < 1.29 is 9.59 Å². The molecule has 0 atom stereocenters. The zero-order valence-electron chi connectivity index (χ0n) is 16.5. The maximum absolute atomic E-state index is 12.7. The lowest BCUT2D eigenvalue weighted by molar-refractivity contribution is -0.113. The lowest BCUT2D eigenvalue weighted by Gasteiger charge is -2.09. The van der Waals surface area contributed by atoms with E-state index in [-0.39, 0.29) is 17.6 Å². The molecule has 0 heterocycles. The molecule has 2 N–H and O–H groups in total. The summed E-state index contributed by atoms with van der Waals surface area (Å²) < 4.78 is 0.961. The molecule has 0 aromatic heterocycles. The number of nitrogens with one attached hydrogen (secondary N) is 2. The molecule has 0 aliphatic heterocycles. The molecule has 4 rings (SSSR count). The number of benzene rings is 4. The Bertz CT molecular complexity index is 1240. The minimum atomic E-state index is -0.166.